The maximum Gasteiger partial charge on any atom is 0.326 e. The first-order valence-corrected chi connectivity index (χ1v) is 13.2. The second-order valence-electron chi connectivity index (χ2n) is 9.27. The minimum atomic E-state index is -1.52. The number of aliphatic carboxylic acids is 5. The predicted octanol–water partition coefficient (Wildman–Crippen LogP) is -0.609. The molecule has 2 aromatic heterocycles. The van der Waals surface area contributed by atoms with Crippen molar-refractivity contribution in [1.29, 1.82) is 0 Å². The van der Waals surface area contributed by atoms with Gasteiger partial charge in [0.05, 0.1) is 13.1 Å². The number of carboxylic acid groups (broad SMARTS) is 5. The van der Waals surface area contributed by atoms with E-state index in [1.54, 1.807) is 0 Å². The van der Waals surface area contributed by atoms with Crippen LogP contribution in [0.5, 0.6) is 0 Å². The van der Waals surface area contributed by atoms with Crippen molar-refractivity contribution < 1.29 is 84.3 Å². The molecule has 21 heteroatoms. The van der Waals surface area contributed by atoms with E-state index in [1.165, 1.54) is 33.9 Å². The van der Waals surface area contributed by atoms with Crippen molar-refractivity contribution in [1.82, 2.24) is 34.6 Å². The molecular formula is C27H38N7O13Re-3. The zero-order valence-electron chi connectivity index (χ0n) is 25.8. The molecule has 48 heavy (non-hydrogen) atoms. The Bertz CT molecular complexity index is 1250. The second-order valence-corrected chi connectivity index (χ2v) is 9.27. The minimum absolute atomic E-state index is 0. The maximum atomic E-state index is 12.2. The molecule has 0 aliphatic carbocycles. The Labute approximate surface area is 288 Å². The molecular weight excluding hydrogens is 817 g/mol. The van der Waals surface area contributed by atoms with Crippen LogP contribution < -0.4 is 10.6 Å². The second kappa shape index (κ2) is 26.1. The quantitative estimate of drug-likeness (QED) is 0.0497. The third-order valence-corrected chi connectivity index (χ3v) is 6.02. The molecule has 0 fully saturated rings. The summed E-state index contributed by atoms with van der Waals surface area (Å²) in [6.45, 7) is 6.56. The van der Waals surface area contributed by atoms with Gasteiger partial charge in [-0.2, -0.15) is 0 Å². The van der Waals surface area contributed by atoms with Crippen LogP contribution in [0.3, 0.4) is 0 Å². The minimum Gasteiger partial charge on any atom is -0.545 e. The van der Waals surface area contributed by atoms with Crippen molar-refractivity contribution in [2.45, 2.75) is 70.4 Å². The van der Waals surface area contributed by atoms with Gasteiger partial charge in [0.2, 0.25) is 0 Å². The van der Waals surface area contributed by atoms with Crippen molar-refractivity contribution >= 4 is 49.5 Å². The van der Waals surface area contributed by atoms with Crippen LogP contribution in [0, 0.1) is 7.43 Å². The van der Waals surface area contributed by atoms with E-state index in [-0.39, 0.29) is 66.9 Å². The summed E-state index contributed by atoms with van der Waals surface area (Å²) < 4.78 is 2.89. The van der Waals surface area contributed by atoms with Crippen molar-refractivity contribution in [3.8, 4) is 0 Å². The largest absolute Gasteiger partial charge is 0.545 e. The summed E-state index contributed by atoms with van der Waals surface area (Å²) >= 11 is 0. The summed E-state index contributed by atoms with van der Waals surface area (Å²) in [6, 6.07) is -3.96. The van der Waals surface area contributed by atoms with Crippen molar-refractivity contribution in [2.24, 2.45) is 0 Å². The number of hydrogen-bond acceptors (Lipinski definition) is 11. The Balaban J connectivity index is -0.00000324. The summed E-state index contributed by atoms with van der Waals surface area (Å²) in [5.41, 5.74) is 0. The molecule has 2 rings (SSSR count). The predicted molar refractivity (Wildman–Crippen MR) is 159 cm³/mol. The third-order valence-electron chi connectivity index (χ3n) is 6.02. The maximum absolute atomic E-state index is 12.2. The molecule has 20 nitrogen and oxygen atoms in total. The summed E-state index contributed by atoms with van der Waals surface area (Å²) in [7, 11) is 0. The first-order valence-electron chi connectivity index (χ1n) is 13.2. The van der Waals surface area contributed by atoms with Gasteiger partial charge in [-0.1, -0.05) is 0 Å². The van der Waals surface area contributed by atoms with E-state index in [0.29, 0.717) is 31.0 Å². The molecule has 0 saturated heterocycles. The molecule has 0 aliphatic rings. The van der Waals surface area contributed by atoms with Crippen LogP contribution in [0.4, 0.5) is 4.79 Å². The number of carboxylic acids is 5. The zero-order valence-corrected chi connectivity index (χ0v) is 28.5. The number of nitrogens with one attached hydrogen (secondary N) is 2. The van der Waals surface area contributed by atoms with Gasteiger partial charge in [-0.15, -0.1) is 0 Å². The molecule has 1 radical (unpaired) electrons. The molecule has 2 aromatic rings. The third kappa shape index (κ3) is 18.8. The monoisotopic (exact) mass is 855 g/mol. The van der Waals surface area contributed by atoms with Gasteiger partial charge >= 0.3 is 35.9 Å². The first-order chi connectivity index (χ1) is 21.8. The number of carbonyl (C=O) groups excluding carboxylic acids is 3. The summed E-state index contributed by atoms with van der Waals surface area (Å²) in [4.78, 5) is 94.1. The zero-order chi connectivity index (χ0) is 35.2. The molecule has 0 unspecified atom stereocenters. The van der Waals surface area contributed by atoms with Crippen molar-refractivity contribution in [2.75, 3.05) is 6.54 Å². The molecule has 2 atom stereocenters. The van der Waals surface area contributed by atoms with Gasteiger partial charge in [0.15, 0.2) is 0 Å². The first kappa shape index (κ1) is 47.4. The Hall–Kier alpha value is -5.00. The molecule has 0 bridgehead atoms. The van der Waals surface area contributed by atoms with Gasteiger partial charge in [-0.3, -0.25) is 32.9 Å². The standard InChI is InChI=1S/C24H33N7O11.2CHO.CH3.Re/c32-19(33)5-4-16(23(40)41)28-24(42)27-15(22(38)39)3-1-2-8-29(11-17-25-6-9-30(17)13-20(34)35)12-18-26-7-10-31(18)14-21(36)37;2*1-2;;/h6-7,9-10,15-16H,1-5,8,11-14H2,(H,32,33)(H,34,35)(H,36,37)(H,38,39)(H,40,41)(H2,27,28,42);2*1H;1H3;/q;3*-1;/t15-,16-;;;;/m0..../s1. The molecule has 0 aliphatic heterocycles. The average molecular weight is 855 g/mol. The van der Waals surface area contributed by atoms with E-state index in [0.717, 1.165) is 0 Å². The molecule has 0 saturated carbocycles. The Morgan fingerprint density at radius 3 is 1.50 bits per heavy atom. The van der Waals surface area contributed by atoms with Crippen LogP contribution in [-0.2, 0) is 80.2 Å². The number of carbonyl (C=O) groups is 6. The fraction of sp³-hybridized carbons (Fsp3) is 0.444. The number of nitrogens with zero attached hydrogens (tertiary/aromatic N) is 5. The fourth-order valence-electron chi connectivity index (χ4n) is 4.00. The van der Waals surface area contributed by atoms with Crippen LogP contribution >= 0.6 is 0 Å². The van der Waals surface area contributed by atoms with Gasteiger partial charge in [0.25, 0.3) is 0 Å². The summed E-state index contributed by atoms with van der Waals surface area (Å²) in [5.74, 6) is -5.33. The van der Waals surface area contributed by atoms with Crippen molar-refractivity contribution in [3.63, 3.8) is 0 Å². The molecule has 2 heterocycles. The number of imidazole rings is 2. The van der Waals surface area contributed by atoms with E-state index in [9.17, 15) is 39.0 Å². The average Bonchev–Trinajstić information content (AvgIpc) is 3.62. The smallest absolute Gasteiger partial charge is 0.326 e. The van der Waals surface area contributed by atoms with E-state index in [1.807, 2.05) is 4.90 Å². The number of hydrogen-bond donors (Lipinski definition) is 7. The SMILES string of the molecule is O=C(O)CC[C@H](NC(=O)N[C@@H](CCCCN(Cc1nccn1CC(=O)O)Cc1nccn1CC(=O)O)C(=O)O)C(=O)O.[CH-]=O.[CH-]=O.[CH3-].[Re]. The van der Waals surface area contributed by atoms with Crippen molar-refractivity contribution in [3.05, 3.63) is 43.9 Å². The molecule has 2 amide bonds. The Morgan fingerprint density at radius 1 is 0.708 bits per heavy atom. The number of rotatable bonds is 20. The Morgan fingerprint density at radius 2 is 1.12 bits per heavy atom. The van der Waals surface area contributed by atoms with Gasteiger partial charge < -0.3 is 62.3 Å². The topological polar surface area (TPSA) is 301 Å². The fourth-order valence-corrected chi connectivity index (χ4v) is 4.00. The van der Waals surface area contributed by atoms with E-state index in [2.05, 4.69) is 34.2 Å². The van der Waals surface area contributed by atoms with E-state index >= 15 is 0 Å². The van der Waals surface area contributed by atoms with Crippen LogP contribution in [-0.4, -0.2) is 118 Å². The molecule has 7 N–H and O–H groups in total. The normalized spacial score (nSPS) is 11.0. The number of aromatic nitrogens is 4. The van der Waals surface area contributed by atoms with Crippen LogP contribution in [0.15, 0.2) is 24.8 Å². The van der Waals surface area contributed by atoms with Gasteiger partial charge in [-0.25, -0.2) is 24.4 Å². The van der Waals surface area contributed by atoms with Gasteiger partial charge in [0, 0.05) is 51.6 Å². The number of unbranched alkanes of at least 4 members (excludes halogenated alkanes) is 1. The molecule has 0 aromatic carbocycles. The van der Waals surface area contributed by atoms with Crippen LogP contribution in [0.2, 0.25) is 0 Å². The van der Waals surface area contributed by atoms with Crippen LogP contribution in [0.1, 0.15) is 43.8 Å². The number of urea groups is 1. The molecule has 269 valence electrons. The summed E-state index contributed by atoms with van der Waals surface area (Å²) in [5, 5.41) is 50.0. The number of amides is 2. The van der Waals surface area contributed by atoms with Gasteiger partial charge in [-0.05, 0) is 32.2 Å². The van der Waals surface area contributed by atoms with Gasteiger partial charge in [0.1, 0.15) is 36.8 Å². The summed E-state index contributed by atoms with van der Waals surface area (Å²) in [6.07, 6.45) is 5.70. The van der Waals surface area contributed by atoms with E-state index in [4.69, 9.17) is 24.9 Å². The van der Waals surface area contributed by atoms with Crippen LogP contribution in [0.25, 0.3) is 0 Å². The Kier molecular flexibility index (Phi) is 25.8. The van der Waals surface area contributed by atoms with E-state index < -0.39 is 54.4 Å². The molecule has 0 spiro atoms.